The molecule has 0 amide bonds. The molecule has 0 aliphatic heterocycles. The number of nitrogens with zero attached hydrogens (tertiary/aromatic N) is 2. The average Bonchev–Trinajstić information content (AvgIpc) is 2.77. The number of hydrogen-bond acceptors (Lipinski definition) is 3. The van der Waals surface area contributed by atoms with E-state index >= 15 is 0 Å². The average molecular weight is 280 g/mol. The normalized spacial score (nSPS) is 20.3. The zero-order valence-electron chi connectivity index (χ0n) is 13.2. The zero-order chi connectivity index (χ0) is 15.9. The molecule has 1 aromatic carbocycles. The first-order valence-electron chi connectivity index (χ1n) is 7.34. The molecule has 0 radical (unpaired) electrons. The van der Waals surface area contributed by atoms with Crippen LogP contribution in [0.5, 0.6) is 0 Å². The third-order valence-corrected chi connectivity index (χ3v) is 5.16. The van der Waals surface area contributed by atoms with E-state index in [4.69, 9.17) is 0 Å². The van der Waals surface area contributed by atoms with Crippen LogP contribution in [0.3, 0.4) is 0 Å². The Morgan fingerprint density at radius 2 is 1.52 bits per heavy atom. The van der Waals surface area contributed by atoms with Crippen molar-refractivity contribution in [1.82, 2.24) is 0 Å². The molecule has 1 aromatic rings. The number of carbonyl (C=O) groups excluding carboxylic acids is 1. The van der Waals surface area contributed by atoms with E-state index in [1.165, 1.54) is 0 Å². The lowest BCUT2D eigenvalue weighted by Crippen LogP contribution is -2.19. The minimum atomic E-state index is -0.764. The minimum Gasteiger partial charge on any atom is -0.294 e. The summed E-state index contributed by atoms with van der Waals surface area (Å²) in [5, 5.41) is 18.6. The van der Waals surface area contributed by atoms with E-state index < -0.39 is 5.92 Å². The summed E-state index contributed by atoms with van der Waals surface area (Å²) in [5.41, 5.74) is 6.09. The summed E-state index contributed by atoms with van der Waals surface area (Å²) in [6.07, 6.45) is 0.662. The van der Waals surface area contributed by atoms with Crippen molar-refractivity contribution < 1.29 is 4.79 Å². The first kappa shape index (κ1) is 15.3. The van der Waals surface area contributed by atoms with Gasteiger partial charge in [-0.2, -0.15) is 10.5 Å². The Labute approximate surface area is 126 Å². The molecule has 3 heteroatoms. The fraction of sp³-hybridized carbons (Fsp3) is 0.500. The van der Waals surface area contributed by atoms with Crippen LogP contribution in [0.15, 0.2) is 0 Å². The van der Waals surface area contributed by atoms with Crippen molar-refractivity contribution in [2.45, 2.75) is 47.0 Å². The van der Waals surface area contributed by atoms with Crippen LogP contribution in [-0.4, -0.2) is 5.78 Å². The molecule has 0 N–H and O–H groups in total. The molecule has 0 heterocycles. The first-order valence-corrected chi connectivity index (χ1v) is 7.34. The van der Waals surface area contributed by atoms with Gasteiger partial charge in [0, 0.05) is 17.4 Å². The van der Waals surface area contributed by atoms with Gasteiger partial charge in [-0.15, -0.1) is 0 Å². The molecule has 0 bridgehead atoms. The van der Waals surface area contributed by atoms with E-state index in [1.54, 1.807) is 0 Å². The largest absolute Gasteiger partial charge is 0.294 e. The number of carbonyl (C=O) groups is 1. The first-order chi connectivity index (χ1) is 9.90. The van der Waals surface area contributed by atoms with Gasteiger partial charge in [-0.05, 0) is 61.9 Å². The van der Waals surface area contributed by atoms with Gasteiger partial charge < -0.3 is 0 Å². The Balaban J connectivity index is 2.84. The molecule has 2 unspecified atom stereocenters. The van der Waals surface area contributed by atoms with Crippen molar-refractivity contribution in [1.29, 1.82) is 10.5 Å². The topological polar surface area (TPSA) is 64.7 Å². The van der Waals surface area contributed by atoms with E-state index in [2.05, 4.69) is 12.1 Å². The van der Waals surface area contributed by atoms with E-state index in [0.717, 1.165) is 33.4 Å². The second kappa shape index (κ2) is 5.34. The molecular weight excluding hydrogens is 260 g/mol. The molecule has 1 aliphatic rings. The van der Waals surface area contributed by atoms with Crippen molar-refractivity contribution in [3.63, 3.8) is 0 Å². The summed E-state index contributed by atoms with van der Waals surface area (Å²) < 4.78 is 0. The van der Waals surface area contributed by atoms with Gasteiger partial charge in [-0.25, -0.2) is 0 Å². The van der Waals surface area contributed by atoms with Crippen molar-refractivity contribution in [3.8, 4) is 12.1 Å². The third-order valence-electron chi connectivity index (χ3n) is 5.16. The predicted octanol–water partition coefficient (Wildman–Crippen LogP) is 3.89. The molecule has 0 fully saturated rings. The molecule has 2 rings (SSSR count). The van der Waals surface area contributed by atoms with Crippen molar-refractivity contribution >= 4 is 5.78 Å². The quantitative estimate of drug-likeness (QED) is 0.825. The molecule has 108 valence electrons. The van der Waals surface area contributed by atoms with Gasteiger partial charge in [0.2, 0.25) is 0 Å². The Bertz CT molecular complexity index is 690. The number of rotatable bonds is 2. The highest BCUT2D eigenvalue weighted by Gasteiger charge is 2.45. The molecule has 2 atom stereocenters. The van der Waals surface area contributed by atoms with Gasteiger partial charge in [0.1, 0.15) is 5.92 Å². The lowest BCUT2D eigenvalue weighted by molar-refractivity contribution is 0.0915. The van der Waals surface area contributed by atoms with Crippen molar-refractivity contribution in [3.05, 3.63) is 33.4 Å². The van der Waals surface area contributed by atoms with Gasteiger partial charge in [0.05, 0.1) is 12.1 Å². The Morgan fingerprint density at radius 1 is 1.00 bits per heavy atom. The Hall–Kier alpha value is -2.13. The van der Waals surface area contributed by atoms with E-state index in [0.29, 0.717) is 6.42 Å². The lowest BCUT2D eigenvalue weighted by atomic mass is 9.78. The standard InChI is InChI=1S/C18H20N2O/c1-6-14-17(13(7-19)8-20)15-11(4)9(2)10(3)12(5)16(15)18(14)21/h13-14,17H,6H2,1-5H3. The van der Waals surface area contributed by atoms with Crippen molar-refractivity contribution in [2.75, 3.05) is 0 Å². The van der Waals surface area contributed by atoms with Crippen LogP contribution in [0.1, 0.15) is 57.4 Å². The van der Waals surface area contributed by atoms with Crippen molar-refractivity contribution in [2.24, 2.45) is 11.8 Å². The molecule has 3 nitrogen and oxygen atoms in total. The van der Waals surface area contributed by atoms with Crippen LogP contribution in [0.4, 0.5) is 0 Å². The monoisotopic (exact) mass is 280 g/mol. The third kappa shape index (κ3) is 1.96. The molecular formula is C18H20N2O. The van der Waals surface area contributed by atoms with Gasteiger partial charge in [-0.3, -0.25) is 4.79 Å². The summed E-state index contributed by atoms with van der Waals surface area (Å²) in [4.78, 5) is 12.8. The lowest BCUT2D eigenvalue weighted by Gasteiger charge is -2.21. The van der Waals surface area contributed by atoms with E-state index in [9.17, 15) is 15.3 Å². The number of benzene rings is 1. The number of hydrogen-bond donors (Lipinski definition) is 0. The van der Waals surface area contributed by atoms with E-state index in [1.807, 2.05) is 34.6 Å². The molecule has 0 saturated carbocycles. The van der Waals surface area contributed by atoms with Crippen LogP contribution in [0.2, 0.25) is 0 Å². The number of fused-ring (bicyclic) bond motifs is 1. The summed E-state index contributed by atoms with van der Waals surface area (Å²) in [7, 11) is 0. The highest BCUT2D eigenvalue weighted by molar-refractivity contribution is 6.05. The maximum absolute atomic E-state index is 12.8. The molecule has 0 aromatic heterocycles. The maximum atomic E-state index is 12.8. The Morgan fingerprint density at radius 3 is 2.00 bits per heavy atom. The fourth-order valence-electron chi connectivity index (χ4n) is 3.65. The van der Waals surface area contributed by atoms with Crippen LogP contribution >= 0.6 is 0 Å². The van der Waals surface area contributed by atoms with Gasteiger partial charge >= 0.3 is 0 Å². The highest BCUT2D eigenvalue weighted by atomic mass is 16.1. The molecule has 21 heavy (non-hydrogen) atoms. The maximum Gasteiger partial charge on any atom is 0.167 e. The summed E-state index contributed by atoms with van der Waals surface area (Å²) in [6, 6.07) is 4.17. The zero-order valence-corrected chi connectivity index (χ0v) is 13.2. The van der Waals surface area contributed by atoms with Crippen LogP contribution in [0.25, 0.3) is 0 Å². The number of ketones is 1. The number of Topliss-reactive ketones (excluding diaryl/α,β-unsaturated/α-hetero) is 1. The SMILES string of the molecule is CCC1C(=O)c2c(C)c(C)c(C)c(C)c2C1C(C#N)C#N. The van der Waals surface area contributed by atoms with Crippen LogP contribution in [0, 0.1) is 62.2 Å². The number of nitriles is 2. The summed E-state index contributed by atoms with van der Waals surface area (Å²) >= 11 is 0. The predicted molar refractivity (Wildman–Crippen MR) is 81.0 cm³/mol. The molecule has 0 spiro atoms. The summed E-state index contributed by atoms with van der Waals surface area (Å²) in [6.45, 7) is 10.0. The minimum absolute atomic E-state index is 0.108. The van der Waals surface area contributed by atoms with Crippen LogP contribution in [-0.2, 0) is 0 Å². The molecule has 1 aliphatic carbocycles. The second-order valence-electron chi connectivity index (χ2n) is 5.93. The molecule has 0 saturated heterocycles. The highest BCUT2D eigenvalue weighted by Crippen LogP contribution is 2.48. The fourth-order valence-corrected chi connectivity index (χ4v) is 3.65. The van der Waals surface area contributed by atoms with Gasteiger partial charge in [0.15, 0.2) is 5.78 Å². The van der Waals surface area contributed by atoms with Gasteiger partial charge in [-0.1, -0.05) is 6.92 Å². The van der Waals surface area contributed by atoms with Crippen LogP contribution < -0.4 is 0 Å². The van der Waals surface area contributed by atoms with Gasteiger partial charge in [0.25, 0.3) is 0 Å². The smallest absolute Gasteiger partial charge is 0.167 e. The second-order valence-corrected chi connectivity index (χ2v) is 5.93. The Kier molecular flexibility index (Phi) is 3.88. The summed E-state index contributed by atoms with van der Waals surface area (Å²) in [5.74, 6) is -1.19. The van der Waals surface area contributed by atoms with E-state index in [-0.39, 0.29) is 17.6 Å².